The van der Waals surface area contributed by atoms with Crippen LogP contribution in [0.5, 0.6) is 0 Å². The maximum atomic E-state index is 12.8. The van der Waals surface area contributed by atoms with Gasteiger partial charge in [-0.3, -0.25) is 4.79 Å². The van der Waals surface area contributed by atoms with Crippen LogP contribution in [0.1, 0.15) is 49.6 Å². The summed E-state index contributed by atoms with van der Waals surface area (Å²) in [6.45, 7) is 5.54. The second kappa shape index (κ2) is 8.15. The van der Waals surface area contributed by atoms with Gasteiger partial charge < -0.3 is 9.84 Å². The van der Waals surface area contributed by atoms with Crippen molar-refractivity contribution in [1.29, 1.82) is 0 Å². The average molecular weight is 432 g/mol. The van der Waals surface area contributed by atoms with E-state index in [9.17, 15) is 13.2 Å². The molecular formula is C22H29N3O4S. The first kappa shape index (κ1) is 21.1. The van der Waals surface area contributed by atoms with E-state index in [1.807, 2.05) is 6.92 Å². The van der Waals surface area contributed by atoms with E-state index in [2.05, 4.69) is 15.2 Å². The van der Waals surface area contributed by atoms with Crippen LogP contribution in [0, 0.1) is 31.6 Å². The van der Waals surface area contributed by atoms with Gasteiger partial charge in [0.25, 0.3) is 0 Å². The van der Waals surface area contributed by atoms with E-state index in [0.717, 1.165) is 17.9 Å². The van der Waals surface area contributed by atoms with E-state index in [4.69, 9.17) is 4.52 Å². The smallest absolute Gasteiger partial charge is 0.240 e. The van der Waals surface area contributed by atoms with E-state index in [1.165, 1.54) is 31.4 Å². The fourth-order valence-corrected chi connectivity index (χ4v) is 6.44. The molecule has 0 saturated heterocycles. The summed E-state index contributed by atoms with van der Waals surface area (Å²) in [6.07, 6.45) is 5.06. The first-order valence-electron chi connectivity index (χ1n) is 10.6. The average Bonchev–Trinajstić information content (AvgIpc) is 3.41. The summed E-state index contributed by atoms with van der Waals surface area (Å²) in [5.41, 5.74) is 2.01. The van der Waals surface area contributed by atoms with Crippen molar-refractivity contribution in [1.82, 2.24) is 9.88 Å². The molecule has 2 saturated carbocycles. The standard InChI is InChI=1S/C22H29N3O4S/c1-13-20(15(3)29-24-13)12-22(26)23-18-6-8-19(9-7-18)30(27,28)25-14(2)21-11-16-4-5-17(21)10-16/h6-9,14,16-17,21,25H,4-5,10-12H2,1-3H3,(H,23,26). The number of hydrogen-bond donors (Lipinski definition) is 2. The Kier molecular flexibility index (Phi) is 5.72. The fourth-order valence-electron chi connectivity index (χ4n) is 5.14. The fraction of sp³-hybridized carbons (Fsp3) is 0.545. The molecule has 1 aromatic heterocycles. The molecule has 1 aromatic carbocycles. The van der Waals surface area contributed by atoms with E-state index in [-0.39, 0.29) is 23.3 Å². The van der Waals surface area contributed by atoms with Gasteiger partial charge in [0.1, 0.15) is 5.76 Å². The molecule has 30 heavy (non-hydrogen) atoms. The summed E-state index contributed by atoms with van der Waals surface area (Å²) < 4.78 is 33.6. The molecule has 2 aromatic rings. The van der Waals surface area contributed by atoms with Crippen LogP contribution in [0.15, 0.2) is 33.7 Å². The van der Waals surface area contributed by atoms with Gasteiger partial charge in [-0.15, -0.1) is 0 Å². The van der Waals surface area contributed by atoms with E-state index in [1.54, 1.807) is 26.0 Å². The molecule has 7 nitrogen and oxygen atoms in total. The van der Waals surface area contributed by atoms with E-state index < -0.39 is 10.0 Å². The maximum Gasteiger partial charge on any atom is 0.240 e. The van der Waals surface area contributed by atoms with Crippen molar-refractivity contribution >= 4 is 21.6 Å². The molecule has 0 aliphatic heterocycles. The van der Waals surface area contributed by atoms with Crippen LogP contribution in [0.4, 0.5) is 5.69 Å². The third-order valence-electron chi connectivity index (χ3n) is 6.74. The van der Waals surface area contributed by atoms with E-state index in [0.29, 0.717) is 29.0 Å². The predicted molar refractivity (Wildman–Crippen MR) is 113 cm³/mol. The number of carbonyl (C=O) groups is 1. The van der Waals surface area contributed by atoms with Crippen molar-refractivity contribution in [3.63, 3.8) is 0 Å². The van der Waals surface area contributed by atoms with Gasteiger partial charge in [-0.1, -0.05) is 11.6 Å². The molecule has 1 heterocycles. The van der Waals surface area contributed by atoms with Crippen molar-refractivity contribution in [2.45, 2.75) is 63.8 Å². The molecule has 4 rings (SSSR count). The molecule has 2 aliphatic carbocycles. The monoisotopic (exact) mass is 431 g/mol. The number of nitrogens with one attached hydrogen (secondary N) is 2. The number of sulfonamides is 1. The molecule has 0 radical (unpaired) electrons. The number of aromatic nitrogens is 1. The third kappa shape index (κ3) is 4.30. The number of fused-ring (bicyclic) bond motifs is 2. The van der Waals surface area contributed by atoms with Gasteiger partial charge in [0.2, 0.25) is 15.9 Å². The SMILES string of the molecule is Cc1noc(C)c1CC(=O)Nc1ccc(S(=O)(=O)NC(C)C2CC3CCC2C3)cc1. The summed E-state index contributed by atoms with van der Waals surface area (Å²) in [6, 6.07) is 6.21. The number of hydrogen-bond acceptors (Lipinski definition) is 5. The lowest BCUT2D eigenvalue weighted by molar-refractivity contribution is -0.115. The topological polar surface area (TPSA) is 101 Å². The largest absolute Gasteiger partial charge is 0.361 e. The zero-order valence-corrected chi connectivity index (χ0v) is 18.5. The molecular weight excluding hydrogens is 402 g/mol. The molecule has 2 aliphatic rings. The molecule has 162 valence electrons. The Morgan fingerprint density at radius 2 is 1.93 bits per heavy atom. The number of benzene rings is 1. The Hall–Kier alpha value is -2.19. The highest BCUT2D eigenvalue weighted by Crippen LogP contribution is 2.49. The summed E-state index contributed by atoms with van der Waals surface area (Å²) in [7, 11) is -3.59. The minimum atomic E-state index is -3.59. The molecule has 2 fully saturated rings. The van der Waals surface area contributed by atoms with Crippen LogP contribution in [-0.2, 0) is 21.2 Å². The highest BCUT2D eigenvalue weighted by molar-refractivity contribution is 7.89. The van der Waals surface area contributed by atoms with Gasteiger partial charge in [0.05, 0.1) is 17.0 Å². The number of carbonyl (C=O) groups excluding carboxylic acids is 1. The molecule has 4 atom stereocenters. The molecule has 4 unspecified atom stereocenters. The van der Waals surface area contributed by atoms with E-state index >= 15 is 0 Å². The zero-order valence-electron chi connectivity index (χ0n) is 17.6. The second-order valence-electron chi connectivity index (χ2n) is 8.80. The van der Waals surface area contributed by atoms with Gasteiger partial charge >= 0.3 is 0 Å². The molecule has 1 amide bonds. The number of anilines is 1. The van der Waals surface area contributed by atoms with Crippen LogP contribution in [0.2, 0.25) is 0 Å². The molecule has 0 spiro atoms. The maximum absolute atomic E-state index is 12.8. The number of rotatable bonds is 7. The summed E-state index contributed by atoms with van der Waals surface area (Å²) in [4.78, 5) is 12.5. The number of aryl methyl sites for hydroxylation is 2. The van der Waals surface area contributed by atoms with Crippen LogP contribution >= 0.6 is 0 Å². The van der Waals surface area contributed by atoms with Crippen molar-refractivity contribution in [3.8, 4) is 0 Å². The lowest BCUT2D eigenvalue weighted by atomic mass is 9.84. The molecule has 2 N–H and O–H groups in total. The van der Waals surface area contributed by atoms with Crippen molar-refractivity contribution in [2.75, 3.05) is 5.32 Å². The van der Waals surface area contributed by atoms with Gasteiger partial charge in [0.15, 0.2) is 0 Å². The highest BCUT2D eigenvalue weighted by Gasteiger charge is 2.42. The second-order valence-corrected chi connectivity index (χ2v) is 10.5. The summed E-state index contributed by atoms with van der Waals surface area (Å²) >= 11 is 0. The zero-order chi connectivity index (χ0) is 21.5. The first-order chi connectivity index (χ1) is 14.2. The minimum absolute atomic E-state index is 0.0697. The Balaban J connectivity index is 1.37. The van der Waals surface area contributed by atoms with Crippen LogP contribution in [-0.4, -0.2) is 25.5 Å². The highest BCUT2D eigenvalue weighted by atomic mass is 32.2. The van der Waals surface area contributed by atoms with Gasteiger partial charge in [-0.05, 0) is 82.1 Å². The number of nitrogens with zero attached hydrogens (tertiary/aromatic N) is 1. The molecule has 2 bridgehead atoms. The Morgan fingerprint density at radius 3 is 2.50 bits per heavy atom. The van der Waals surface area contributed by atoms with Gasteiger partial charge in [0, 0.05) is 17.3 Å². The third-order valence-corrected chi connectivity index (χ3v) is 8.32. The number of amides is 1. The first-order valence-corrected chi connectivity index (χ1v) is 12.0. The van der Waals surface area contributed by atoms with Crippen LogP contribution in [0.3, 0.4) is 0 Å². The van der Waals surface area contributed by atoms with Gasteiger partial charge in [-0.2, -0.15) is 0 Å². The lowest BCUT2D eigenvalue weighted by Crippen LogP contribution is -2.40. The normalized spacial score (nSPS) is 24.2. The minimum Gasteiger partial charge on any atom is -0.361 e. The Bertz CT molecular complexity index is 1010. The van der Waals surface area contributed by atoms with Gasteiger partial charge in [-0.25, -0.2) is 13.1 Å². The predicted octanol–water partition coefficient (Wildman–Crippen LogP) is 3.58. The van der Waals surface area contributed by atoms with Crippen molar-refractivity contribution in [2.24, 2.45) is 17.8 Å². The Morgan fingerprint density at radius 1 is 1.20 bits per heavy atom. The summed E-state index contributed by atoms with van der Waals surface area (Å²) in [5.74, 6) is 2.28. The Labute approximate surface area is 177 Å². The lowest BCUT2D eigenvalue weighted by Gasteiger charge is -2.28. The molecule has 8 heteroatoms. The quantitative estimate of drug-likeness (QED) is 0.698. The van der Waals surface area contributed by atoms with Crippen molar-refractivity contribution in [3.05, 3.63) is 41.3 Å². The summed E-state index contributed by atoms with van der Waals surface area (Å²) in [5, 5.41) is 6.64. The van der Waals surface area contributed by atoms with Crippen LogP contribution < -0.4 is 10.0 Å². The van der Waals surface area contributed by atoms with Crippen LogP contribution in [0.25, 0.3) is 0 Å². The van der Waals surface area contributed by atoms with Crippen molar-refractivity contribution < 1.29 is 17.7 Å².